The van der Waals surface area contributed by atoms with Gasteiger partial charge in [-0.25, -0.2) is 0 Å². The molecular formula is C16H17ClN2O2. The van der Waals surface area contributed by atoms with Crippen LogP contribution in [0.1, 0.15) is 11.1 Å². The third-order valence-electron chi connectivity index (χ3n) is 2.95. The molecule has 0 bridgehead atoms. The predicted octanol–water partition coefficient (Wildman–Crippen LogP) is 3.12. The lowest BCUT2D eigenvalue weighted by Crippen LogP contribution is -2.20. The van der Waals surface area contributed by atoms with Crippen molar-refractivity contribution in [3.05, 3.63) is 58.6 Å². The maximum atomic E-state index is 11.9. The first-order chi connectivity index (χ1) is 10.1. The molecule has 3 N–H and O–H groups in total. The Labute approximate surface area is 128 Å². The summed E-state index contributed by atoms with van der Waals surface area (Å²) in [4.78, 5) is 11.9. The van der Waals surface area contributed by atoms with E-state index in [2.05, 4.69) is 5.32 Å². The molecule has 110 valence electrons. The van der Waals surface area contributed by atoms with Crippen molar-refractivity contribution in [2.24, 2.45) is 5.73 Å². The Bertz CT molecular complexity index is 627. The Kier molecular flexibility index (Phi) is 5.20. The van der Waals surface area contributed by atoms with Gasteiger partial charge in [0.25, 0.3) is 5.91 Å². The number of anilines is 1. The highest BCUT2D eigenvalue weighted by molar-refractivity contribution is 6.32. The van der Waals surface area contributed by atoms with Gasteiger partial charge in [-0.2, -0.15) is 0 Å². The lowest BCUT2D eigenvalue weighted by atomic mass is 10.2. The van der Waals surface area contributed by atoms with Crippen molar-refractivity contribution in [3.8, 4) is 5.75 Å². The van der Waals surface area contributed by atoms with Gasteiger partial charge in [-0.15, -0.1) is 0 Å². The van der Waals surface area contributed by atoms with Crippen LogP contribution in [0.5, 0.6) is 5.75 Å². The summed E-state index contributed by atoms with van der Waals surface area (Å²) in [6, 6.07) is 12.9. The van der Waals surface area contributed by atoms with Crippen LogP contribution in [-0.4, -0.2) is 12.5 Å². The largest absolute Gasteiger partial charge is 0.482 e. The molecule has 4 nitrogen and oxygen atoms in total. The van der Waals surface area contributed by atoms with Crippen LogP contribution in [0.3, 0.4) is 0 Å². The summed E-state index contributed by atoms with van der Waals surface area (Å²) in [5.41, 5.74) is 8.25. The first-order valence-electron chi connectivity index (χ1n) is 6.57. The van der Waals surface area contributed by atoms with Gasteiger partial charge >= 0.3 is 0 Å². The molecule has 0 aliphatic heterocycles. The molecule has 5 heteroatoms. The summed E-state index contributed by atoms with van der Waals surface area (Å²) >= 11 is 6.06. The van der Waals surface area contributed by atoms with Crippen molar-refractivity contribution in [1.82, 2.24) is 0 Å². The Balaban J connectivity index is 1.97. The molecule has 0 saturated carbocycles. The number of amides is 1. The van der Waals surface area contributed by atoms with Gasteiger partial charge in [0, 0.05) is 17.8 Å². The second-order valence-corrected chi connectivity index (χ2v) is 5.04. The number of para-hydroxylation sites is 1. The van der Waals surface area contributed by atoms with Crippen molar-refractivity contribution in [1.29, 1.82) is 0 Å². The van der Waals surface area contributed by atoms with Crippen molar-refractivity contribution in [3.63, 3.8) is 0 Å². The summed E-state index contributed by atoms with van der Waals surface area (Å²) in [6.07, 6.45) is 0. The van der Waals surface area contributed by atoms with Gasteiger partial charge in [0.05, 0.1) is 5.02 Å². The van der Waals surface area contributed by atoms with E-state index in [1.54, 1.807) is 12.1 Å². The molecule has 0 aromatic heterocycles. The number of ether oxygens (including phenoxy) is 1. The number of benzene rings is 2. The van der Waals surface area contributed by atoms with E-state index >= 15 is 0 Å². The zero-order valence-corrected chi connectivity index (χ0v) is 12.5. The molecule has 0 saturated heterocycles. The smallest absolute Gasteiger partial charge is 0.262 e. The molecule has 0 spiro atoms. The standard InChI is InChI=1S/C16H17ClN2O2/c1-11-5-7-13(8-6-11)19-15(20)10-21-16-12(9-18)3-2-4-14(16)17/h2-8H,9-10,18H2,1H3,(H,19,20). The molecule has 0 fully saturated rings. The van der Waals surface area contributed by atoms with E-state index in [1.165, 1.54) is 0 Å². The lowest BCUT2D eigenvalue weighted by Gasteiger charge is -2.12. The normalized spacial score (nSPS) is 10.2. The fourth-order valence-corrected chi connectivity index (χ4v) is 2.10. The van der Waals surface area contributed by atoms with Gasteiger partial charge in [0.15, 0.2) is 6.61 Å². The third kappa shape index (κ3) is 4.21. The van der Waals surface area contributed by atoms with Crippen molar-refractivity contribution >= 4 is 23.2 Å². The monoisotopic (exact) mass is 304 g/mol. The second-order valence-electron chi connectivity index (χ2n) is 4.64. The molecule has 0 aliphatic carbocycles. The summed E-state index contributed by atoms with van der Waals surface area (Å²) in [5.74, 6) is 0.211. The van der Waals surface area contributed by atoms with E-state index in [4.69, 9.17) is 22.1 Å². The number of halogens is 1. The third-order valence-corrected chi connectivity index (χ3v) is 3.25. The second kappa shape index (κ2) is 7.11. The molecule has 0 heterocycles. The van der Waals surface area contributed by atoms with E-state index in [1.807, 2.05) is 37.3 Å². The maximum Gasteiger partial charge on any atom is 0.262 e. The van der Waals surface area contributed by atoms with Crippen LogP contribution in [0, 0.1) is 6.92 Å². The molecular weight excluding hydrogens is 288 g/mol. The molecule has 1 amide bonds. The number of carbonyl (C=O) groups is 1. The first kappa shape index (κ1) is 15.4. The first-order valence-corrected chi connectivity index (χ1v) is 6.94. The number of hydrogen-bond donors (Lipinski definition) is 2. The molecule has 2 aromatic carbocycles. The Morgan fingerprint density at radius 2 is 1.95 bits per heavy atom. The fourth-order valence-electron chi connectivity index (χ4n) is 1.85. The number of rotatable bonds is 5. The van der Waals surface area contributed by atoms with E-state index in [0.717, 1.165) is 16.8 Å². The zero-order valence-electron chi connectivity index (χ0n) is 11.7. The topological polar surface area (TPSA) is 64.3 Å². The number of carbonyl (C=O) groups excluding carboxylic acids is 1. The zero-order chi connectivity index (χ0) is 15.2. The van der Waals surface area contributed by atoms with Gasteiger partial charge in [0.2, 0.25) is 0 Å². The van der Waals surface area contributed by atoms with E-state index in [0.29, 0.717) is 17.3 Å². The summed E-state index contributed by atoms with van der Waals surface area (Å²) in [7, 11) is 0. The number of hydrogen-bond acceptors (Lipinski definition) is 3. The van der Waals surface area contributed by atoms with Crippen LogP contribution in [0.25, 0.3) is 0 Å². The molecule has 2 rings (SSSR count). The summed E-state index contributed by atoms with van der Waals surface area (Å²) in [6.45, 7) is 2.17. The van der Waals surface area contributed by atoms with Crippen LogP contribution in [0.2, 0.25) is 5.02 Å². The molecule has 2 aromatic rings. The number of aryl methyl sites for hydroxylation is 1. The highest BCUT2D eigenvalue weighted by atomic mass is 35.5. The molecule has 0 aliphatic rings. The van der Waals surface area contributed by atoms with Gasteiger partial charge in [0.1, 0.15) is 5.75 Å². The van der Waals surface area contributed by atoms with Crippen LogP contribution in [0.4, 0.5) is 5.69 Å². The van der Waals surface area contributed by atoms with Crippen LogP contribution in [-0.2, 0) is 11.3 Å². The summed E-state index contributed by atoms with van der Waals surface area (Å²) < 4.78 is 5.49. The van der Waals surface area contributed by atoms with E-state index in [-0.39, 0.29) is 12.5 Å². The Morgan fingerprint density at radius 3 is 2.62 bits per heavy atom. The molecule has 0 unspecified atom stereocenters. The van der Waals surface area contributed by atoms with Gasteiger partial charge in [-0.3, -0.25) is 4.79 Å². The minimum absolute atomic E-state index is 0.120. The van der Waals surface area contributed by atoms with Crippen LogP contribution < -0.4 is 15.8 Å². The minimum atomic E-state index is -0.248. The Hall–Kier alpha value is -2.04. The van der Waals surface area contributed by atoms with Gasteiger partial charge in [-0.05, 0) is 25.1 Å². The lowest BCUT2D eigenvalue weighted by molar-refractivity contribution is -0.118. The SMILES string of the molecule is Cc1ccc(NC(=O)COc2c(Cl)cccc2CN)cc1. The predicted molar refractivity (Wildman–Crippen MR) is 84.6 cm³/mol. The molecule has 0 atom stereocenters. The highest BCUT2D eigenvalue weighted by Crippen LogP contribution is 2.28. The van der Waals surface area contributed by atoms with Crippen molar-refractivity contribution < 1.29 is 9.53 Å². The number of nitrogens with one attached hydrogen (secondary N) is 1. The Morgan fingerprint density at radius 1 is 1.24 bits per heavy atom. The average molecular weight is 305 g/mol. The average Bonchev–Trinajstić information content (AvgIpc) is 2.48. The quantitative estimate of drug-likeness (QED) is 0.892. The fraction of sp³-hybridized carbons (Fsp3) is 0.188. The van der Waals surface area contributed by atoms with Crippen LogP contribution in [0.15, 0.2) is 42.5 Å². The molecule has 21 heavy (non-hydrogen) atoms. The van der Waals surface area contributed by atoms with E-state index < -0.39 is 0 Å². The highest BCUT2D eigenvalue weighted by Gasteiger charge is 2.10. The summed E-state index contributed by atoms with van der Waals surface area (Å²) in [5, 5.41) is 3.20. The maximum absolute atomic E-state index is 11.9. The van der Waals surface area contributed by atoms with E-state index in [9.17, 15) is 4.79 Å². The van der Waals surface area contributed by atoms with Crippen molar-refractivity contribution in [2.45, 2.75) is 13.5 Å². The number of nitrogens with two attached hydrogens (primary N) is 1. The molecule has 0 radical (unpaired) electrons. The minimum Gasteiger partial charge on any atom is -0.482 e. The van der Waals surface area contributed by atoms with Gasteiger partial charge < -0.3 is 15.8 Å². The van der Waals surface area contributed by atoms with Crippen LogP contribution >= 0.6 is 11.6 Å². The van der Waals surface area contributed by atoms with Gasteiger partial charge in [-0.1, -0.05) is 41.4 Å². The van der Waals surface area contributed by atoms with Crippen molar-refractivity contribution in [2.75, 3.05) is 11.9 Å².